The smallest absolute Gasteiger partial charge is 0.253 e. The Morgan fingerprint density at radius 2 is 1.16 bits per heavy atom. The van der Waals surface area contributed by atoms with E-state index in [4.69, 9.17) is 0 Å². The largest absolute Gasteiger partial charge is 0.392 e. The molecule has 0 saturated heterocycles. The van der Waals surface area contributed by atoms with E-state index in [1.54, 1.807) is 0 Å². The van der Waals surface area contributed by atoms with E-state index in [9.17, 15) is 5.11 Å². The Kier molecular flexibility index (Phi) is 17.3. The molecule has 1 unspecified atom stereocenters. The van der Waals surface area contributed by atoms with Gasteiger partial charge in [0.15, 0.2) is 0 Å². The average Bonchev–Trinajstić information content (AvgIpc) is 3.45. The lowest BCUT2D eigenvalue weighted by Crippen LogP contribution is -2.37. The first-order chi connectivity index (χ1) is 18.6. The van der Waals surface area contributed by atoms with Crippen molar-refractivity contribution in [3.05, 3.63) is 36.4 Å². The van der Waals surface area contributed by atoms with Gasteiger partial charge in [-0.15, -0.1) is 0 Å². The highest BCUT2D eigenvalue weighted by Crippen LogP contribution is 2.12. The van der Waals surface area contributed by atoms with Crippen molar-refractivity contribution in [2.45, 2.75) is 137 Å². The molecule has 2 heterocycles. The Morgan fingerprint density at radius 1 is 0.711 bits per heavy atom. The van der Waals surface area contributed by atoms with Crippen molar-refractivity contribution >= 4 is 0 Å². The van der Waals surface area contributed by atoms with Crippen molar-refractivity contribution in [2.24, 2.45) is 0 Å². The van der Waals surface area contributed by atoms with E-state index in [1.165, 1.54) is 82.3 Å². The monoisotopic (exact) mass is 532 g/mol. The number of unbranched alkanes of at least 4 members (excludes halogenated alkanes) is 9. The predicted molar refractivity (Wildman–Crippen MR) is 157 cm³/mol. The molecule has 0 aliphatic heterocycles. The number of imidazole rings is 2. The lowest BCUT2D eigenvalue weighted by atomic mass is 10.1. The SMILES string of the molecule is CCC(O)CNCCC[n+]1ccn(CCCCCCCCCCCCn2cc[n+](CCCNC)c2C)c1C. The maximum atomic E-state index is 9.61. The van der Waals surface area contributed by atoms with E-state index in [0.717, 1.165) is 52.1 Å². The first-order valence-electron chi connectivity index (χ1n) is 15.7. The predicted octanol–water partition coefficient (Wildman–Crippen LogP) is 4.44. The first kappa shape index (κ1) is 32.5. The van der Waals surface area contributed by atoms with E-state index >= 15 is 0 Å². The zero-order valence-electron chi connectivity index (χ0n) is 25.3. The van der Waals surface area contributed by atoms with E-state index in [-0.39, 0.29) is 6.10 Å². The van der Waals surface area contributed by atoms with Gasteiger partial charge in [0.05, 0.1) is 32.3 Å². The number of aromatic nitrogens is 4. The molecule has 0 aromatic carbocycles. The standard InChI is InChI=1S/C31H60N6O/c1-5-31(38)28-33-19-17-23-37-27-25-35(30(37)3)21-15-13-11-9-7-6-8-10-12-14-20-34-24-26-36(29(34)2)22-16-18-32-4/h24-27,31-33,38H,5-23,28H2,1-4H3/q+2. The van der Waals surface area contributed by atoms with Crippen molar-refractivity contribution in [3.63, 3.8) is 0 Å². The fourth-order valence-electron chi connectivity index (χ4n) is 5.22. The normalized spacial score (nSPS) is 12.4. The van der Waals surface area contributed by atoms with Crippen LogP contribution >= 0.6 is 0 Å². The van der Waals surface area contributed by atoms with E-state index < -0.39 is 0 Å². The van der Waals surface area contributed by atoms with Crippen LogP contribution in [-0.2, 0) is 26.2 Å². The summed E-state index contributed by atoms with van der Waals surface area (Å²) in [7, 11) is 2.02. The number of aryl methyl sites for hydroxylation is 4. The van der Waals surface area contributed by atoms with Crippen molar-refractivity contribution in [1.82, 2.24) is 19.8 Å². The van der Waals surface area contributed by atoms with Gasteiger partial charge in [0, 0.05) is 20.4 Å². The van der Waals surface area contributed by atoms with Crippen molar-refractivity contribution in [1.29, 1.82) is 0 Å². The number of hydrogen-bond donors (Lipinski definition) is 3. The van der Waals surface area contributed by atoms with Crippen LogP contribution in [0.25, 0.3) is 0 Å². The third kappa shape index (κ3) is 12.9. The van der Waals surface area contributed by atoms with Gasteiger partial charge in [0.2, 0.25) is 0 Å². The van der Waals surface area contributed by atoms with Crippen molar-refractivity contribution in [3.8, 4) is 0 Å². The second kappa shape index (κ2) is 20.2. The molecule has 0 fully saturated rings. The molecule has 2 aromatic heterocycles. The van der Waals surface area contributed by atoms with Crippen LogP contribution in [-0.4, -0.2) is 47.0 Å². The Balaban J connectivity index is 1.41. The highest BCUT2D eigenvalue weighted by molar-refractivity contribution is 4.80. The van der Waals surface area contributed by atoms with Gasteiger partial charge in [-0.25, -0.2) is 18.3 Å². The highest BCUT2D eigenvalue weighted by Gasteiger charge is 2.12. The highest BCUT2D eigenvalue weighted by atomic mass is 16.3. The minimum Gasteiger partial charge on any atom is -0.392 e. The summed E-state index contributed by atoms with van der Waals surface area (Å²) >= 11 is 0. The van der Waals surface area contributed by atoms with Gasteiger partial charge in [-0.3, -0.25) is 0 Å². The van der Waals surface area contributed by atoms with Gasteiger partial charge in [0.1, 0.15) is 24.8 Å². The minimum atomic E-state index is -0.216. The fourth-order valence-corrected chi connectivity index (χ4v) is 5.22. The van der Waals surface area contributed by atoms with Crippen LogP contribution in [0.4, 0.5) is 0 Å². The lowest BCUT2D eigenvalue weighted by molar-refractivity contribution is -0.702. The molecule has 0 aliphatic rings. The summed E-state index contributed by atoms with van der Waals surface area (Å²) in [6.45, 7) is 13.7. The summed E-state index contributed by atoms with van der Waals surface area (Å²) in [5.74, 6) is 2.74. The molecule has 0 radical (unpaired) electrons. The molecule has 7 nitrogen and oxygen atoms in total. The van der Waals surface area contributed by atoms with Gasteiger partial charge < -0.3 is 15.7 Å². The molecule has 2 aromatic rings. The van der Waals surface area contributed by atoms with E-state index in [1.807, 2.05) is 14.0 Å². The summed E-state index contributed by atoms with van der Waals surface area (Å²) in [4.78, 5) is 0. The summed E-state index contributed by atoms with van der Waals surface area (Å²) in [5.41, 5.74) is 0. The van der Waals surface area contributed by atoms with Gasteiger partial charge in [-0.2, -0.15) is 0 Å². The second-order valence-corrected chi connectivity index (χ2v) is 11.1. The number of nitrogens with one attached hydrogen (secondary N) is 2. The van der Waals surface area contributed by atoms with Crippen LogP contribution in [0.3, 0.4) is 0 Å². The maximum absolute atomic E-state index is 9.61. The molecule has 0 amide bonds. The Bertz CT molecular complexity index is 846. The van der Waals surface area contributed by atoms with Gasteiger partial charge in [-0.05, 0) is 65.1 Å². The van der Waals surface area contributed by atoms with Gasteiger partial charge in [0.25, 0.3) is 11.6 Å². The Labute approximate surface area is 233 Å². The van der Waals surface area contributed by atoms with Crippen molar-refractivity contribution in [2.75, 3.05) is 26.7 Å². The first-order valence-corrected chi connectivity index (χ1v) is 15.7. The minimum absolute atomic E-state index is 0.216. The molecular weight excluding hydrogens is 472 g/mol. The fraction of sp³-hybridized carbons (Fsp3) is 0.806. The number of rotatable bonds is 24. The van der Waals surface area contributed by atoms with Crippen LogP contribution in [0.5, 0.6) is 0 Å². The molecule has 38 heavy (non-hydrogen) atoms. The summed E-state index contributed by atoms with van der Waals surface area (Å²) in [6, 6.07) is 0. The summed E-state index contributed by atoms with van der Waals surface area (Å²) in [5, 5.41) is 16.2. The van der Waals surface area contributed by atoms with E-state index in [0.29, 0.717) is 6.54 Å². The third-order valence-corrected chi connectivity index (χ3v) is 7.99. The Hall–Kier alpha value is -1.70. The van der Waals surface area contributed by atoms with Crippen LogP contribution in [0, 0.1) is 13.8 Å². The summed E-state index contributed by atoms with van der Waals surface area (Å²) < 4.78 is 9.58. The van der Waals surface area contributed by atoms with Crippen LogP contribution in [0.1, 0.15) is 102 Å². The molecule has 0 spiro atoms. The molecule has 3 N–H and O–H groups in total. The molecule has 7 heteroatoms. The van der Waals surface area contributed by atoms with Crippen LogP contribution in [0.15, 0.2) is 24.8 Å². The molecule has 0 saturated carbocycles. The molecule has 0 bridgehead atoms. The van der Waals surface area contributed by atoms with E-state index in [2.05, 4.69) is 67.5 Å². The zero-order valence-corrected chi connectivity index (χ0v) is 25.3. The zero-order chi connectivity index (χ0) is 27.4. The maximum Gasteiger partial charge on any atom is 0.253 e. The number of nitrogens with zero attached hydrogens (tertiary/aromatic N) is 4. The van der Waals surface area contributed by atoms with Crippen LogP contribution < -0.4 is 19.8 Å². The number of hydrogen-bond acceptors (Lipinski definition) is 3. The van der Waals surface area contributed by atoms with Crippen LogP contribution in [0.2, 0.25) is 0 Å². The number of aliphatic hydroxyl groups is 1. The molecular formula is C31H60N6O+2. The summed E-state index contributed by atoms with van der Waals surface area (Å²) in [6.07, 6.45) is 25.4. The number of aliphatic hydroxyl groups excluding tert-OH is 1. The second-order valence-electron chi connectivity index (χ2n) is 11.1. The quantitative estimate of drug-likeness (QED) is 0.138. The molecule has 0 aliphatic carbocycles. The average molecular weight is 533 g/mol. The molecule has 1 atom stereocenters. The topological polar surface area (TPSA) is 61.9 Å². The van der Waals surface area contributed by atoms with Gasteiger partial charge >= 0.3 is 0 Å². The molecule has 218 valence electrons. The van der Waals surface area contributed by atoms with Crippen molar-refractivity contribution < 1.29 is 14.2 Å². The molecule has 2 rings (SSSR count). The third-order valence-electron chi connectivity index (χ3n) is 7.99. The van der Waals surface area contributed by atoms with Gasteiger partial charge in [-0.1, -0.05) is 45.4 Å². The lowest BCUT2D eigenvalue weighted by Gasteiger charge is -2.08. The Morgan fingerprint density at radius 3 is 1.61 bits per heavy atom.